The van der Waals surface area contributed by atoms with Gasteiger partial charge in [0.05, 0.1) is 16.3 Å². The van der Waals surface area contributed by atoms with E-state index in [0.29, 0.717) is 5.82 Å². The molecule has 1 atom stereocenters. The van der Waals surface area contributed by atoms with Gasteiger partial charge >= 0.3 is 0 Å². The number of hydrogen-bond acceptors (Lipinski definition) is 4. The van der Waals surface area contributed by atoms with Crippen LogP contribution in [0.1, 0.15) is 13.3 Å². The maximum absolute atomic E-state index is 12.8. The van der Waals surface area contributed by atoms with E-state index in [4.69, 9.17) is 0 Å². The third-order valence-corrected chi connectivity index (χ3v) is 5.07. The predicted molar refractivity (Wildman–Crippen MR) is 74.9 cm³/mol. The Balaban J connectivity index is 2.06. The zero-order valence-corrected chi connectivity index (χ0v) is 12.0. The van der Waals surface area contributed by atoms with Crippen LogP contribution in [0.2, 0.25) is 0 Å². The second-order valence-electron chi connectivity index (χ2n) is 4.53. The van der Waals surface area contributed by atoms with Gasteiger partial charge in [0, 0.05) is 12.5 Å². The van der Waals surface area contributed by atoms with E-state index in [1.807, 2.05) is 0 Å². The Kier molecular flexibility index (Phi) is 4.37. The van der Waals surface area contributed by atoms with Crippen LogP contribution in [0.3, 0.4) is 0 Å². The van der Waals surface area contributed by atoms with Gasteiger partial charge in [0.25, 0.3) is 0 Å². The maximum Gasteiger partial charge on any atom is 0.226 e. The summed E-state index contributed by atoms with van der Waals surface area (Å²) in [5.74, 6) is -0.567. The minimum absolute atomic E-state index is 0.00857. The molecule has 0 spiro atoms. The minimum atomic E-state index is -3.68. The largest absolute Gasteiger partial charge is 0.311 e. The van der Waals surface area contributed by atoms with Gasteiger partial charge in [-0.2, -0.15) is 5.10 Å². The number of hydrogen-bond donors (Lipinski definition) is 2. The number of sulfone groups is 1. The molecule has 0 aliphatic rings. The van der Waals surface area contributed by atoms with Crippen LogP contribution in [0.25, 0.3) is 0 Å². The fourth-order valence-corrected chi connectivity index (χ4v) is 3.10. The molecule has 21 heavy (non-hydrogen) atoms. The molecule has 0 radical (unpaired) electrons. The molecule has 1 amide bonds. The number of anilines is 1. The van der Waals surface area contributed by atoms with Crippen LogP contribution in [-0.2, 0) is 14.6 Å². The lowest BCUT2D eigenvalue weighted by atomic mass is 10.3. The summed E-state index contributed by atoms with van der Waals surface area (Å²) >= 11 is 0. The normalized spacial score (nSPS) is 12.9. The van der Waals surface area contributed by atoms with Crippen LogP contribution in [0.4, 0.5) is 10.2 Å². The monoisotopic (exact) mass is 311 g/mol. The molecule has 2 N–H and O–H groups in total. The first-order valence-corrected chi connectivity index (χ1v) is 7.73. The Hall–Kier alpha value is -2.22. The van der Waals surface area contributed by atoms with Crippen LogP contribution in [0, 0.1) is 5.82 Å². The number of halogens is 1. The molecule has 0 bridgehead atoms. The summed E-state index contributed by atoms with van der Waals surface area (Å²) < 4.78 is 37.3. The molecule has 1 heterocycles. The molecule has 1 aromatic heterocycles. The predicted octanol–water partition coefficient (Wildman–Crippen LogP) is 1.74. The van der Waals surface area contributed by atoms with Crippen LogP contribution >= 0.6 is 0 Å². The van der Waals surface area contributed by atoms with Gasteiger partial charge < -0.3 is 5.32 Å². The quantitative estimate of drug-likeness (QED) is 0.823. The first-order chi connectivity index (χ1) is 9.89. The van der Waals surface area contributed by atoms with Gasteiger partial charge in [-0.25, -0.2) is 12.8 Å². The summed E-state index contributed by atoms with van der Waals surface area (Å²) in [5, 5.41) is 7.79. The van der Waals surface area contributed by atoms with Crippen molar-refractivity contribution in [1.82, 2.24) is 10.2 Å². The first-order valence-electron chi connectivity index (χ1n) is 6.18. The summed E-state index contributed by atoms with van der Waals surface area (Å²) in [6, 6.07) is 6.08. The highest BCUT2D eigenvalue weighted by atomic mass is 32.2. The van der Waals surface area contributed by atoms with Crippen molar-refractivity contribution in [3.05, 3.63) is 42.3 Å². The van der Waals surface area contributed by atoms with Crippen molar-refractivity contribution in [1.29, 1.82) is 0 Å². The van der Waals surface area contributed by atoms with Crippen LogP contribution in [0.5, 0.6) is 0 Å². The topological polar surface area (TPSA) is 91.9 Å². The lowest BCUT2D eigenvalue weighted by Crippen LogP contribution is -2.25. The molecule has 6 nitrogen and oxygen atoms in total. The Morgan fingerprint density at radius 2 is 2.00 bits per heavy atom. The standard InChI is InChI=1S/C13H14FN3O3S/c1-9(8-13(18)16-12-6-7-15-17-12)21(19,20)11-4-2-10(14)3-5-11/h2-7,9H,8H2,1H3,(H2,15,16,17,18). The Bertz CT molecular complexity index is 712. The number of nitrogens with one attached hydrogen (secondary N) is 2. The van der Waals surface area contributed by atoms with Crippen molar-refractivity contribution < 1.29 is 17.6 Å². The van der Waals surface area contributed by atoms with Crippen molar-refractivity contribution in [2.45, 2.75) is 23.5 Å². The van der Waals surface area contributed by atoms with Gasteiger partial charge in [0.15, 0.2) is 9.84 Å². The van der Waals surface area contributed by atoms with Crippen molar-refractivity contribution in [3.8, 4) is 0 Å². The van der Waals surface area contributed by atoms with E-state index in [0.717, 1.165) is 12.1 Å². The van der Waals surface area contributed by atoms with E-state index in [-0.39, 0.29) is 11.3 Å². The molecular formula is C13H14FN3O3S. The van der Waals surface area contributed by atoms with Gasteiger partial charge in [-0.05, 0) is 31.2 Å². The Morgan fingerprint density at radius 3 is 2.57 bits per heavy atom. The van der Waals surface area contributed by atoms with Crippen LogP contribution in [0.15, 0.2) is 41.4 Å². The Labute approximate surface area is 121 Å². The Morgan fingerprint density at radius 1 is 1.33 bits per heavy atom. The molecule has 8 heteroatoms. The molecular weight excluding hydrogens is 297 g/mol. The fraction of sp³-hybridized carbons (Fsp3) is 0.231. The molecule has 2 rings (SSSR count). The number of rotatable bonds is 5. The summed E-state index contributed by atoms with van der Waals surface area (Å²) in [6.07, 6.45) is 1.26. The lowest BCUT2D eigenvalue weighted by molar-refractivity contribution is -0.116. The minimum Gasteiger partial charge on any atom is -0.311 e. The first kappa shape index (κ1) is 15.2. The third-order valence-electron chi connectivity index (χ3n) is 2.92. The van der Waals surface area contributed by atoms with Crippen LogP contribution in [-0.4, -0.2) is 29.8 Å². The molecule has 0 saturated carbocycles. The molecule has 1 unspecified atom stereocenters. The number of benzene rings is 1. The van der Waals surface area contributed by atoms with E-state index >= 15 is 0 Å². The second kappa shape index (κ2) is 6.04. The van der Waals surface area contributed by atoms with E-state index in [2.05, 4.69) is 15.5 Å². The second-order valence-corrected chi connectivity index (χ2v) is 6.90. The van der Waals surface area contributed by atoms with E-state index in [9.17, 15) is 17.6 Å². The van der Waals surface area contributed by atoms with Gasteiger partial charge in [-0.15, -0.1) is 0 Å². The van der Waals surface area contributed by atoms with Gasteiger partial charge in [-0.3, -0.25) is 9.89 Å². The number of carbonyl (C=O) groups excluding carboxylic acids is 1. The average Bonchev–Trinajstić information content (AvgIpc) is 2.91. The van der Waals surface area contributed by atoms with Crippen molar-refractivity contribution in [2.24, 2.45) is 0 Å². The number of aromatic amines is 1. The highest BCUT2D eigenvalue weighted by Crippen LogP contribution is 2.19. The molecule has 0 aliphatic heterocycles. The number of amides is 1. The van der Waals surface area contributed by atoms with Crippen molar-refractivity contribution in [2.75, 3.05) is 5.32 Å². The van der Waals surface area contributed by atoms with Gasteiger partial charge in [-0.1, -0.05) is 0 Å². The third kappa shape index (κ3) is 3.66. The van der Waals surface area contributed by atoms with Gasteiger partial charge in [0.2, 0.25) is 5.91 Å². The smallest absolute Gasteiger partial charge is 0.226 e. The number of carbonyl (C=O) groups is 1. The zero-order chi connectivity index (χ0) is 15.5. The summed E-state index contributed by atoms with van der Waals surface area (Å²) in [7, 11) is -3.68. The number of aromatic nitrogens is 2. The van der Waals surface area contributed by atoms with Crippen LogP contribution < -0.4 is 5.32 Å². The molecule has 0 saturated heterocycles. The summed E-state index contributed by atoms with van der Waals surface area (Å²) in [5.41, 5.74) is 0. The fourth-order valence-electron chi connectivity index (χ4n) is 1.75. The maximum atomic E-state index is 12.8. The molecule has 0 fully saturated rings. The molecule has 1 aromatic carbocycles. The van der Waals surface area contributed by atoms with E-state index < -0.39 is 26.8 Å². The van der Waals surface area contributed by atoms with E-state index in [1.54, 1.807) is 6.07 Å². The highest BCUT2D eigenvalue weighted by Gasteiger charge is 2.25. The van der Waals surface area contributed by atoms with E-state index in [1.165, 1.54) is 25.3 Å². The highest BCUT2D eigenvalue weighted by molar-refractivity contribution is 7.92. The average molecular weight is 311 g/mol. The van der Waals surface area contributed by atoms with Gasteiger partial charge in [0.1, 0.15) is 11.6 Å². The van der Waals surface area contributed by atoms with Crippen molar-refractivity contribution in [3.63, 3.8) is 0 Å². The SMILES string of the molecule is CC(CC(=O)Nc1ccn[nH]1)S(=O)(=O)c1ccc(F)cc1. The number of H-pyrrole nitrogens is 1. The zero-order valence-electron chi connectivity index (χ0n) is 11.2. The van der Waals surface area contributed by atoms with Crippen molar-refractivity contribution >= 4 is 21.6 Å². The summed E-state index contributed by atoms with van der Waals surface area (Å²) in [4.78, 5) is 11.8. The number of nitrogens with zero attached hydrogens (tertiary/aromatic N) is 1. The molecule has 112 valence electrons. The molecule has 2 aromatic rings. The summed E-state index contributed by atoms with van der Waals surface area (Å²) in [6.45, 7) is 1.44. The lowest BCUT2D eigenvalue weighted by Gasteiger charge is -2.12. The molecule has 0 aliphatic carbocycles.